The molecule has 1 heterocycles. The standard InChI is InChI=1S/C15H16ClN3O3/c1-8(2)13(17)15(21)19-18-6-9-7-22-12-4-3-10(16)5-11(12)14(9)20/h3-8,13H,17H2,1-2H3,(H,19,21)/p+1. The van der Waals surface area contributed by atoms with E-state index in [9.17, 15) is 9.59 Å². The van der Waals surface area contributed by atoms with Gasteiger partial charge in [0.25, 0.3) is 5.91 Å². The van der Waals surface area contributed by atoms with Crippen molar-refractivity contribution in [3.8, 4) is 0 Å². The maximum Gasteiger partial charge on any atom is 0.298 e. The van der Waals surface area contributed by atoms with Crippen LogP contribution in [0.3, 0.4) is 0 Å². The van der Waals surface area contributed by atoms with Crippen LogP contribution in [0.2, 0.25) is 5.02 Å². The SMILES string of the molecule is CC(C)C([NH3+])C(=O)NN=Cc1coc2ccc(Cl)cc2c1=O. The number of carbonyl (C=O) groups excluding carboxylic acids is 1. The Bertz CT molecular complexity index is 783. The van der Waals surface area contributed by atoms with Gasteiger partial charge in [-0.2, -0.15) is 5.10 Å². The molecule has 2 aromatic rings. The molecule has 1 unspecified atom stereocenters. The zero-order valence-electron chi connectivity index (χ0n) is 12.3. The van der Waals surface area contributed by atoms with Crippen molar-refractivity contribution in [2.24, 2.45) is 11.0 Å². The summed E-state index contributed by atoms with van der Waals surface area (Å²) in [5, 5.41) is 4.58. The summed E-state index contributed by atoms with van der Waals surface area (Å²) >= 11 is 5.88. The van der Waals surface area contributed by atoms with Crippen LogP contribution in [0.4, 0.5) is 0 Å². The van der Waals surface area contributed by atoms with Crippen LogP contribution in [0, 0.1) is 5.92 Å². The van der Waals surface area contributed by atoms with Gasteiger partial charge in [0.05, 0.1) is 17.2 Å². The van der Waals surface area contributed by atoms with Crippen LogP contribution in [0.25, 0.3) is 11.0 Å². The highest BCUT2D eigenvalue weighted by atomic mass is 35.5. The largest absolute Gasteiger partial charge is 0.463 e. The van der Waals surface area contributed by atoms with Crippen LogP contribution in [-0.2, 0) is 4.79 Å². The van der Waals surface area contributed by atoms with Gasteiger partial charge >= 0.3 is 0 Å². The fourth-order valence-corrected chi connectivity index (χ4v) is 1.93. The molecule has 0 aliphatic heterocycles. The van der Waals surface area contributed by atoms with Crippen LogP contribution in [0.1, 0.15) is 19.4 Å². The van der Waals surface area contributed by atoms with Crippen LogP contribution in [0.15, 0.2) is 38.8 Å². The highest BCUT2D eigenvalue weighted by molar-refractivity contribution is 6.31. The van der Waals surface area contributed by atoms with E-state index in [1.165, 1.54) is 18.5 Å². The van der Waals surface area contributed by atoms with E-state index in [2.05, 4.69) is 16.3 Å². The van der Waals surface area contributed by atoms with Crippen LogP contribution >= 0.6 is 11.6 Å². The molecule has 0 aliphatic carbocycles. The summed E-state index contributed by atoms with van der Waals surface area (Å²) in [5.74, 6) is -0.206. The molecule has 2 rings (SSSR count). The number of hydrazone groups is 1. The van der Waals surface area contributed by atoms with Crippen LogP contribution < -0.4 is 16.6 Å². The predicted octanol–water partition coefficient (Wildman–Crippen LogP) is 1.16. The summed E-state index contributed by atoms with van der Waals surface area (Å²) in [6.45, 7) is 3.78. The van der Waals surface area contributed by atoms with E-state index >= 15 is 0 Å². The van der Waals surface area contributed by atoms with Gasteiger partial charge in [-0.15, -0.1) is 0 Å². The van der Waals surface area contributed by atoms with Crippen molar-refractivity contribution >= 4 is 34.7 Å². The summed E-state index contributed by atoms with van der Waals surface area (Å²) in [5.41, 5.74) is 6.50. The summed E-state index contributed by atoms with van der Waals surface area (Å²) in [6, 6.07) is 4.38. The van der Waals surface area contributed by atoms with Crippen LogP contribution in [-0.4, -0.2) is 18.2 Å². The van der Waals surface area contributed by atoms with Gasteiger partial charge in [-0.05, 0) is 18.2 Å². The number of fused-ring (bicyclic) bond motifs is 1. The molecule has 22 heavy (non-hydrogen) atoms. The van der Waals surface area contributed by atoms with Crippen molar-refractivity contribution in [2.45, 2.75) is 19.9 Å². The number of benzene rings is 1. The maximum atomic E-state index is 12.3. The second kappa shape index (κ2) is 6.72. The molecule has 1 amide bonds. The van der Waals surface area contributed by atoms with Gasteiger partial charge < -0.3 is 10.2 Å². The highest BCUT2D eigenvalue weighted by Crippen LogP contribution is 2.16. The number of quaternary nitrogens is 1. The molecule has 1 aromatic carbocycles. The lowest BCUT2D eigenvalue weighted by molar-refractivity contribution is -0.414. The van der Waals surface area contributed by atoms with Crippen LogP contribution in [0.5, 0.6) is 0 Å². The normalized spacial score (nSPS) is 13.0. The number of hydrogen-bond acceptors (Lipinski definition) is 4. The third-order valence-electron chi connectivity index (χ3n) is 3.28. The number of nitrogens with one attached hydrogen (secondary N) is 1. The molecule has 1 atom stereocenters. The first-order valence-electron chi connectivity index (χ1n) is 6.77. The Morgan fingerprint density at radius 2 is 2.18 bits per heavy atom. The van der Waals surface area contributed by atoms with Gasteiger partial charge in [0.1, 0.15) is 11.8 Å². The van der Waals surface area contributed by atoms with Crippen molar-refractivity contribution in [3.05, 3.63) is 45.3 Å². The monoisotopic (exact) mass is 322 g/mol. The smallest absolute Gasteiger partial charge is 0.298 e. The van der Waals surface area contributed by atoms with Crippen molar-refractivity contribution in [3.63, 3.8) is 0 Å². The van der Waals surface area contributed by atoms with Crippen molar-refractivity contribution in [1.82, 2.24) is 5.43 Å². The molecule has 0 bridgehead atoms. The third kappa shape index (κ3) is 3.52. The van der Waals surface area contributed by atoms with E-state index < -0.39 is 6.04 Å². The molecule has 6 nitrogen and oxygen atoms in total. The second-order valence-electron chi connectivity index (χ2n) is 5.25. The Kier molecular flexibility index (Phi) is 4.95. The van der Waals surface area contributed by atoms with E-state index in [1.807, 2.05) is 13.8 Å². The number of nitrogens with zero attached hydrogens (tertiary/aromatic N) is 1. The number of halogens is 1. The lowest BCUT2D eigenvalue weighted by atomic mass is 10.1. The molecule has 4 N–H and O–H groups in total. The first-order chi connectivity index (χ1) is 10.4. The van der Waals surface area contributed by atoms with Gasteiger partial charge in [-0.3, -0.25) is 9.59 Å². The average molecular weight is 323 g/mol. The molecule has 116 valence electrons. The average Bonchev–Trinajstić information content (AvgIpc) is 2.49. The quantitative estimate of drug-likeness (QED) is 0.652. The minimum atomic E-state index is -0.413. The molecule has 0 saturated heterocycles. The topological polar surface area (TPSA) is 99.3 Å². The minimum absolute atomic E-state index is 0.100. The van der Waals surface area contributed by atoms with E-state index in [0.29, 0.717) is 16.0 Å². The Morgan fingerprint density at radius 1 is 1.45 bits per heavy atom. The fraction of sp³-hybridized carbons (Fsp3) is 0.267. The number of carbonyl (C=O) groups is 1. The fourth-order valence-electron chi connectivity index (χ4n) is 1.76. The molecule has 0 radical (unpaired) electrons. The van der Waals surface area contributed by atoms with Gasteiger partial charge in [0, 0.05) is 10.9 Å². The van der Waals surface area contributed by atoms with E-state index in [0.717, 1.165) is 0 Å². The summed E-state index contributed by atoms with van der Waals surface area (Å²) in [6.07, 6.45) is 2.54. The van der Waals surface area contributed by atoms with E-state index in [-0.39, 0.29) is 22.8 Å². The molecule has 0 spiro atoms. The molecular weight excluding hydrogens is 306 g/mol. The first-order valence-corrected chi connectivity index (χ1v) is 7.15. The van der Waals surface area contributed by atoms with E-state index in [4.69, 9.17) is 16.0 Å². The van der Waals surface area contributed by atoms with Gasteiger partial charge in [0.15, 0.2) is 6.04 Å². The predicted molar refractivity (Wildman–Crippen MR) is 84.7 cm³/mol. The van der Waals surface area contributed by atoms with Crippen molar-refractivity contribution in [1.29, 1.82) is 0 Å². The van der Waals surface area contributed by atoms with Gasteiger partial charge in [-0.25, -0.2) is 5.43 Å². The molecule has 1 aromatic heterocycles. The second-order valence-corrected chi connectivity index (χ2v) is 5.68. The van der Waals surface area contributed by atoms with Gasteiger partial charge in [0.2, 0.25) is 5.43 Å². The molecule has 0 aliphatic rings. The molecule has 0 saturated carbocycles. The van der Waals surface area contributed by atoms with Gasteiger partial charge in [-0.1, -0.05) is 25.4 Å². The lowest BCUT2D eigenvalue weighted by Crippen LogP contribution is -2.69. The first kappa shape index (κ1) is 16.2. The molecule has 0 fully saturated rings. The number of hydrogen-bond donors (Lipinski definition) is 2. The summed E-state index contributed by atoms with van der Waals surface area (Å²) in [7, 11) is 0. The highest BCUT2D eigenvalue weighted by Gasteiger charge is 2.20. The number of amides is 1. The third-order valence-corrected chi connectivity index (χ3v) is 3.52. The zero-order chi connectivity index (χ0) is 16.3. The Balaban J connectivity index is 2.22. The zero-order valence-corrected chi connectivity index (χ0v) is 13.1. The molecule has 7 heteroatoms. The lowest BCUT2D eigenvalue weighted by Gasteiger charge is -2.09. The summed E-state index contributed by atoms with van der Waals surface area (Å²) < 4.78 is 5.35. The molecular formula is C15H17ClN3O3+. The Hall–Kier alpha value is -2.18. The number of rotatable bonds is 4. The Labute approximate surface area is 131 Å². The minimum Gasteiger partial charge on any atom is -0.463 e. The Morgan fingerprint density at radius 3 is 2.86 bits per heavy atom. The van der Waals surface area contributed by atoms with Crippen molar-refractivity contribution in [2.75, 3.05) is 0 Å². The summed E-state index contributed by atoms with van der Waals surface area (Å²) in [4.78, 5) is 24.0. The van der Waals surface area contributed by atoms with E-state index in [1.54, 1.807) is 12.1 Å². The maximum absolute atomic E-state index is 12.3. The van der Waals surface area contributed by atoms with Crippen molar-refractivity contribution < 1.29 is 14.9 Å².